The third kappa shape index (κ3) is 3.32. The van der Waals surface area contributed by atoms with Crippen molar-refractivity contribution >= 4 is 5.97 Å². The molecule has 13 heavy (non-hydrogen) atoms. The van der Waals surface area contributed by atoms with Crippen molar-refractivity contribution in [3.8, 4) is 0 Å². The zero-order valence-corrected chi connectivity index (χ0v) is 7.86. The number of carboxylic acids is 1. The molecule has 0 aromatic heterocycles. The first-order valence-electron chi connectivity index (χ1n) is 4.69. The van der Waals surface area contributed by atoms with Crippen LogP contribution in [0.3, 0.4) is 0 Å². The minimum atomic E-state index is -0.753. The Morgan fingerprint density at radius 2 is 2.15 bits per heavy atom. The molecule has 0 spiro atoms. The molecule has 4 nitrogen and oxygen atoms in total. The van der Waals surface area contributed by atoms with Crippen molar-refractivity contribution in [1.82, 2.24) is 0 Å². The van der Waals surface area contributed by atoms with Gasteiger partial charge in [0.1, 0.15) is 0 Å². The maximum absolute atomic E-state index is 10.4. The molecule has 1 saturated heterocycles. The average Bonchev–Trinajstić information content (AvgIpc) is 2.58. The van der Waals surface area contributed by atoms with Crippen LogP contribution in [-0.2, 0) is 14.3 Å². The van der Waals surface area contributed by atoms with Crippen molar-refractivity contribution in [1.29, 1.82) is 0 Å². The largest absolute Gasteiger partial charge is 0.481 e. The third-order valence-electron chi connectivity index (χ3n) is 2.29. The smallest absolute Gasteiger partial charge is 0.303 e. The number of hydrogen-bond donors (Lipinski definition) is 1. The third-order valence-corrected chi connectivity index (χ3v) is 2.29. The monoisotopic (exact) mass is 188 g/mol. The Morgan fingerprint density at radius 1 is 1.54 bits per heavy atom. The van der Waals surface area contributed by atoms with Gasteiger partial charge in [-0.1, -0.05) is 6.92 Å². The van der Waals surface area contributed by atoms with Crippen LogP contribution < -0.4 is 0 Å². The molecule has 0 aliphatic carbocycles. The zero-order valence-electron chi connectivity index (χ0n) is 7.86. The van der Waals surface area contributed by atoms with Crippen molar-refractivity contribution in [3.63, 3.8) is 0 Å². The molecule has 1 aliphatic rings. The summed E-state index contributed by atoms with van der Waals surface area (Å²) in [5.41, 5.74) is 0. The first-order chi connectivity index (χ1) is 6.24. The molecule has 0 saturated carbocycles. The molecule has 1 unspecified atom stereocenters. The molecule has 0 bridgehead atoms. The van der Waals surface area contributed by atoms with E-state index in [1.807, 2.05) is 6.92 Å². The Labute approximate surface area is 77.8 Å². The Hall–Kier alpha value is -0.610. The maximum Gasteiger partial charge on any atom is 0.303 e. The van der Waals surface area contributed by atoms with Gasteiger partial charge in [0.05, 0.1) is 13.2 Å². The van der Waals surface area contributed by atoms with Gasteiger partial charge in [0.25, 0.3) is 0 Å². The lowest BCUT2D eigenvalue weighted by Gasteiger charge is -2.19. The molecular formula is C9H16O4. The second kappa shape index (κ2) is 5.19. The fraction of sp³-hybridized carbons (Fsp3) is 0.889. The van der Waals surface area contributed by atoms with Crippen LogP contribution in [0.2, 0.25) is 0 Å². The SMILES string of the molecule is CCC(CCC(=O)O)C1OCCO1. The Bertz CT molecular complexity index is 163. The second-order valence-electron chi connectivity index (χ2n) is 3.21. The molecule has 1 fully saturated rings. The van der Waals surface area contributed by atoms with E-state index in [0.29, 0.717) is 19.6 Å². The van der Waals surface area contributed by atoms with Crippen molar-refractivity contribution < 1.29 is 19.4 Å². The summed E-state index contributed by atoms with van der Waals surface area (Å²) in [4.78, 5) is 10.4. The number of carboxylic acid groups (broad SMARTS) is 1. The van der Waals surface area contributed by atoms with Gasteiger partial charge >= 0.3 is 5.97 Å². The molecule has 0 amide bonds. The second-order valence-corrected chi connectivity index (χ2v) is 3.21. The van der Waals surface area contributed by atoms with E-state index < -0.39 is 5.97 Å². The van der Waals surface area contributed by atoms with Gasteiger partial charge in [0.2, 0.25) is 0 Å². The van der Waals surface area contributed by atoms with Gasteiger partial charge in [-0.25, -0.2) is 0 Å². The summed E-state index contributed by atoms with van der Waals surface area (Å²) in [6.45, 7) is 3.29. The van der Waals surface area contributed by atoms with E-state index in [2.05, 4.69) is 0 Å². The van der Waals surface area contributed by atoms with Gasteiger partial charge in [-0.3, -0.25) is 4.79 Å². The number of aliphatic carboxylic acids is 1. The van der Waals surface area contributed by atoms with E-state index in [-0.39, 0.29) is 18.6 Å². The molecule has 0 aromatic carbocycles. The Morgan fingerprint density at radius 3 is 2.62 bits per heavy atom. The molecule has 1 aliphatic heterocycles. The molecule has 1 rings (SSSR count). The van der Waals surface area contributed by atoms with Crippen molar-refractivity contribution in [2.24, 2.45) is 5.92 Å². The summed E-state index contributed by atoms with van der Waals surface area (Å²) in [5.74, 6) is -0.532. The minimum Gasteiger partial charge on any atom is -0.481 e. The molecule has 4 heteroatoms. The van der Waals surface area contributed by atoms with Gasteiger partial charge in [-0.05, 0) is 12.8 Å². The predicted octanol–water partition coefficient (Wildman–Crippen LogP) is 1.25. The van der Waals surface area contributed by atoms with Crippen LogP contribution in [-0.4, -0.2) is 30.6 Å². The van der Waals surface area contributed by atoms with Gasteiger partial charge in [-0.15, -0.1) is 0 Å². The van der Waals surface area contributed by atoms with Crippen molar-refractivity contribution in [2.45, 2.75) is 32.5 Å². The van der Waals surface area contributed by atoms with E-state index in [9.17, 15) is 4.79 Å². The molecule has 1 heterocycles. The lowest BCUT2D eigenvalue weighted by atomic mass is 10.00. The van der Waals surface area contributed by atoms with Crippen LogP contribution in [0.25, 0.3) is 0 Å². The highest BCUT2D eigenvalue weighted by atomic mass is 16.7. The van der Waals surface area contributed by atoms with Gasteiger partial charge < -0.3 is 14.6 Å². The lowest BCUT2D eigenvalue weighted by Crippen LogP contribution is -2.21. The molecule has 1 atom stereocenters. The van der Waals surface area contributed by atoms with Crippen LogP contribution in [0, 0.1) is 5.92 Å². The maximum atomic E-state index is 10.4. The molecule has 0 radical (unpaired) electrons. The van der Waals surface area contributed by atoms with Gasteiger partial charge in [0, 0.05) is 12.3 Å². The Kier molecular flexibility index (Phi) is 4.18. The van der Waals surface area contributed by atoms with Crippen LogP contribution in [0.4, 0.5) is 0 Å². The van der Waals surface area contributed by atoms with Crippen molar-refractivity contribution in [3.05, 3.63) is 0 Å². The van der Waals surface area contributed by atoms with E-state index in [1.165, 1.54) is 0 Å². The first-order valence-corrected chi connectivity index (χ1v) is 4.69. The highest BCUT2D eigenvalue weighted by Gasteiger charge is 2.25. The number of ether oxygens (including phenoxy) is 2. The van der Waals surface area contributed by atoms with E-state index in [4.69, 9.17) is 14.6 Å². The predicted molar refractivity (Wildman–Crippen MR) is 46.3 cm³/mol. The molecule has 1 N–H and O–H groups in total. The van der Waals surface area contributed by atoms with Crippen LogP contribution in [0.1, 0.15) is 26.2 Å². The summed E-state index contributed by atoms with van der Waals surface area (Å²) in [7, 11) is 0. The summed E-state index contributed by atoms with van der Waals surface area (Å²) < 4.78 is 10.6. The summed E-state index contributed by atoms with van der Waals surface area (Å²) in [5, 5.41) is 8.52. The number of carbonyl (C=O) groups is 1. The van der Waals surface area contributed by atoms with Gasteiger partial charge in [-0.2, -0.15) is 0 Å². The number of rotatable bonds is 5. The van der Waals surface area contributed by atoms with E-state index in [1.54, 1.807) is 0 Å². The standard InChI is InChI=1S/C9H16O4/c1-2-7(3-4-8(10)11)9-12-5-6-13-9/h7,9H,2-6H2,1H3,(H,10,11). The zero-order chi connectivity index (χ0) is 9.68. The fourth-order valence-electron chi connectivity index (χ4n) is 1.49. The highest BCUT2D eigenvalue weighted by Crippen LogP contribution is 2.22. The van der Waals surface area contributed by atoms with Gasteiger partial charge in [0.15, 0.2) is 6.29 Å². The van der Waals surface area contributed by atoms with E-state index >= 15 is 0 Å². The lowest BCUT2D eigenvalue weighted by molar-refractivity contribution is -0.138. The molecular weight excluding hydrogens is 172 g/mol. The summed E-state index contributed by atoms with van der Waals surface area (Å²) in [6, 6.07) is 0. The van der Waals surface area contributed by atoms with Crippen molar-refractivity contribution in [2.75, 3.05) is 13.2 Å². The van der Waals surface area contributed by atoms with Crippen LogP contribution in [0.5, 0.6) is 0 Å². The first kappa shape index (κ1) is 10.5. The quantitative estimate of drug-likeness (QED) is 0.705. The number of hydrogen-bond acceptors (Lipinski definition) is 3. The Balaban J connectivity index is 2.28. The average molecular weight is 188 g/mol. The van der Waals surface area contributed by atoms with Crippen LogP contribution in [0.15, 0.2) is 0 Å². The molecule has 76 valence electrons. The topological polar surface area (TPSA) is 55.8 Å². The highest BCUT2D eigenvalue weighted by molar-refractivity contribution is 5.66. The minimum absolute atomic E-state index is 0.177. The summed E-state index contributed by atoms with van der Waals surface area (Å²) in [6.07, 6.45) is 1.56. The fourth-order valence-corrected chi connectivity index (χ4v) is 1.49. The normalized spacial score (nSPS) is 20.4. The van der Waals surface area contributed by atoms with Crippen LogP contribution >= 0.6 is 0 Å². The summed E-state index contributed by atoms with van der Waals surface area (Å²) >= 11 is 0. The van der Waals surface area contributed by atoms with E-state index in [0.717, 1.165) is 6.42 Å². The molecule has 0 aromatic rings.